The summed E-state index contributed by atoms with van der Waals surface area (Å²) in [6, 6.07) is 19.8. The predicted octanol–water partition coefficient (Wildman–Crippen LogP) is 8.87. The number of hydrogen-bond acceptors (Lipinski definition) is 19. The normalized spacial score (nSPS) is 20.9. The number of rotatable bonds is 21. The molecule has 0 bridgehead atoms. The third kappa shape index (κ3) is 21.0. The van der Waals surface area contributed by atoms with Crippen LogP contribution in [0.4, 0.5) is 26.3 Å². The number of sulfonamides is 3. The number of likely N-dealkylation sites (tertiary alicyclic amines) is 4. The number of aromatic nitrogens is 3. The Balaban J connectivity index is 0.000000158. The van der Waals surface area contributed by atoms with Crippen molar-refractivity contribution in [1.82, 2.24) is 56.9 Å². The molecule has 4 amide bonds. The fourth-order valence-electron chi connectivity index (χ4n) is 19.3. The molecule has 6 saturated heterocycles. The van der Waals surface area contributed by atoms with Gasteiger partial charge in [0.15, 0.2) is 0 Å². The highest BCUT2D eigenvalue weighted by atomic mass is 32.2. The molecule has 3 unspecified atom stereocenters. The Morgan fingerprint density at radius 3 is 0.976 bits per heavy atom. The molecule has 3 aromatic heterocycles. The number of alkyl halides is 6. The van der Waals surface area contributed by atoms with Gasteiger partial charge in [0.1, 0.15) is 37.1 Å². The molecule has 39 heteroatoms. The summed E-state index contributed by atoms with van der Waals surface area (Å²) in [6.07, 6.45) is 3.28. The van der Waals surface area contributed by atoms with Crippen molar-refractivity contribution in [2.75, 3.05) is 159 Å². The molecule has 3 N–H and O–H groups in total. The van der Waals surface area contributed by atoms with Gasteiger partial charge in [0.05, 0.1) is 74.0 Å². The van der Waals surface area contributed by atoms with E-state index in [1.807, 2.05) is 69.0 Å². The van der Waals surface area contributed by atoms with E-state index in [0.717, 1.165) is 91.8 Å². The zero-order chi connectivity index (χ0) is 89.7. The number of aryl methyl sites for hydroxylation is 6. The molecule has 124 heavy (non-hydrogen) atoms. The van der Waals surface area contributed by atoms with Gasteiger partial charge in [0, 0.05) is 134 Å². The number of hydrogen-bond donors (Lipinski definition) is 3. The first-order valence-electron chi connectivity index (χ1n) is 41.8. The quantitative estimate of drug-likeness (QED) is 0.0566. The first-order valence-corrected chi connectivity index (χ1v) is 46.1. The van der Waals surface area contributed by atoms with Crippen molar-refractivity contribution in [2.45, 2.75) is 164 Å². The van der Waals surface area contributed by atoms with Crippen LogP contribution in [0.25, 0.3) is 0 Å². The minimum atomic E-state index is -4.89. The van der Waals surface area contributed by atoms with Crippen molar-refractivity contribution in [3.63, 3.8) is 0 Å². The maximum absolute atomic E-state index is 14.0. The predicted molar refractivity (Wildman–Crippen MR) is 444 cm³/mol. The summed E-state index contributed by atoms with van der Waals surface area (Å²) in [7, 11) is -6.94. The largest absolute Gasteiger partial charge is 0.497 e. The molecule has 0 radical (unpaired) electrons. The van der Waals surface area contributed by atoms with Gasteiger partial charge >= 0.3 is 30.1 Å². The minimum absolute atomic E-state index is 0.0248. The average Bonchev–Trinajstić information content (AvgIpc) is 1.25. The summed E-state index contributed by atoms with van der Waals surface area (Å²) >= 11 is 0. The van der Waals surface area contributed by atoms with Gasteiger partial charge in [-0.15, -0.1) is 0 Å². The molecule has 682 valence electrons. The Morgan fingerprint density at radius 1 is 0.403 bits per heavy atom. The Morgan fingerprint density at radius 2 is 0.685 bits per heavy atom. The molecule has 15 rings (SSSR count). The molecule has 3 atom stereocenters. The summed E-state index contributed by atoms with van der Waals surface area (Å²) in [5.74, 6) is -3.07. The van der Waals surface area contributed by atoms with E-state index in [1.54, 1.807) is 90.0 Å². The van der Waals surface area contributed by atoms with Gasteiger partial charge in [-0.1, -0.05) is 0 Å². The van der Waals surface area contributed by atoms with Crippen LogP contribution < -0.4 is 24.8 Å². The van der Waals surface area contributed by atoms with Gasteiger partial charge in [-0.05, 0) is 241 Å². The SMILES string of the molecule is COc1cc(C)c(S(=O)(=O)N2CCn3cccc3C2COCC(=O)N2CCC3(CC2)CCN(C(=O)C(F)(F)F)C3)c(C)c1.COc1cc(C)c(S(=O)(=O)N2CCn3cccc3C2COCC(=O)N2CCC3(CCNC3)CC2)c(C)c1.COc1cc(C)c(S(=O)(=O)N2CCn3cccc3C2COCC(=O)O)c(C)c1.O=C(N1CCC2(CCNCC2)C1)C(F)(F)F. The van der Waals surface area contributed by atoms with Crippen LogP contribution in [-0.2, 0) is 87.9 Å². The third-order valence-electron chi connectivity index (χ3n) is 25.8. The van der Waals surface area contributed by atoms with Crippen molar-refractivity contribution in [3.8, 4) is 17.2 Å². The maximum Gasteiger partial charge on any atom is 0.471 e. The number of carboxylic acids is 1. The lowest BCUT2D eigenvalue weighted by molar-refractivity contribution is -0.184. The van der Waals surface area contributed by atoms with Crippen molar-refractivity contribution < 1.29 is 109 Å². The molecule has 6 fully saturated rings. The first kappa shape index (κ1) is 94.5. The summed E-state index contributed by atoms with van der Waals surface area (Å²) < 4.78 is 202. The van der Waals surface area contributed by atoms with Crippen molar-refractivity contribution >= 4 is 59.7 Å². The zero-order valence-electron chi connectivity index (χ0n) is 71.6. The molecular formula is C85H114F6N12O18S3. The fraction of sp³-hybridized carbons (Fsp3) is 0.588. The lowest BCUT2D eigenvalue weighted by Gasteiger charge is -2.39. The van der Waals surface area contributed by atoms with Crippen LogP contribution in [0.5, 0.6) is 17.2 Å². The van der Waals surface area contributed by atoms with Crippen molar-refractivity contribution in [3.05, 3.63) is 142 Å². The van der Waals surface area contributed by atoms with Crippen LogP contribution >= 0.6 is 0 Å². The number of fused-ring (bicyclic) bond motifs is 3. The molecule has 0 aliphatic carbocycles. The monoisotopic (exact) mass is 1800 g/mol. The number of amides is 4. The molecule has 0 saturated carbocycles. The number of nitrogens with zero attached hydrogens (tertiary/aromatic N) is 10. The lowest BCUT2D eigenvalue weighted by atomic mass is 9.78. The Hall–Kier alpha value is -8.64. The fourth-order valence-corrected chi connectivity index (χ4v) is 25.3. The number of carbonyl (C=O) groups excluding carboxylic acids is 4. The molecule has 12 heterocycles. The minimum Gasteiger partial charge on any atom is -0.497 e. The van der Waals surface area contributed by atoms with Crippen LogP contribution in [0.15, 0.2) is 106 Å². The summed E-state index contributed by atoms with van der Waals surface area (Å²) in [5, 5.41) is 15.5. The van der Waals surface area contributed by atoms with E-state index in [-0.39, 0.29) is 99.3 Å². The number of halogens is 6. The Bertz CT molecular complexity index is 5120. The number of carbonyl (C=O) groups is 5. The van der Waals surface area contributed by atoms with E-state index >= 15 is 0 Å². The smallest absolute Gasteiger partial charge is 0.471 e. The van der Waals surface area contributed by atoms with Crippen LogP contribution in [0.1, 0.15) is 126 Å². The summed E-state index contributed by atoms with van der Waals surface area (Å²) in [6.45, 7) is 18.9. The lowest BCUT2D eigenvalue weighted by Crippen LogP contribution is -2.47. The van der Waals surface area contributed by atoms with Gasteiger partial charge < -0.3 is 77.5 Å². The van der Waals surface area contributed by atoms with Crippen LogP contribution in [0, 0.1) is 57.8 Å². The first-order chi connectivity index (χ1) is 58.7. The van der Waals surface area contributed by atoms with Gasteiger partial charge in [0.25, 0.3) is 0 Å². The highest BCUT2D eigenvalue weighted by molar-refractivity contribution is 7.89. The van der Waals surface area contributed by atoms with Gasteiger partial charge in [-0.25, -0.2) is 30.0 Å². The molecule has 9 aliphatic heterocycles. The molecule has 3 spiro atoms. The number of nitrogens with one attached hydrogen (secondary N) is 2. The summed E-state index contributed by atoms with van der Waals surface area (Å²) in [5.41, 5.74) is 5.93. The van der Waals surface area contributed by atoms with Gasteiger partial charge in [0.2, 0.25) is 41.9 Å². The zero-order valence-corrected chi connectivity index (χ0v) is 74.0. The van der Waals surface area contributed by atoms with Crippen molar-refractivity contribution in [1.29, 1.82) is 0 Å². The van der Waals surface area contributed by atoms with E-state index in [1.165, 1.54) is 33.6 Å². The van der Waals surface area contributed by atoms with E-state index in [2.05, 4.69) is 15.2 Å². The number of aliphatic carboxylic acids is 1. The van der Waals surface area contributed by atoms with E-state index in [9.17, 15) is 75.6 Å². The molecule has 9 aliphatic rings. The number of piperidine rings is 3. The van der Waals surface area contributed by atoms with Crippen LogP contribution in [0.2, 0.25) is 0 Å². The van der Waals surface area contributed by atoms with Crippen molar-refractivity contribution in [2.24, 2.45) is 16.2 Å². The number of methoxy groups -OCH3 is 3. The van der Waals surface area contributed by atoms with E-state index < -0.39 is 90.4 Å². The molecule has 30 nitrogen and oxygen atoms in total. The second-order valence-electron chi connectivity index (χ2n) is 33.9. The summed E-state index contributed by atoms with van der Waals surface area (Å²) in [4.78, 5) is 65.6. The Labute approximate surface area is 720 Å². The Kier molecular flexibility index (Phi) is 29.6. The highest BCUT2D eigenvalue weighted by Crippen LogP contribution is 2.45. The standard InChI is InChI=1S/C29H37F3N4O6S.C27H38N4O5S.C19H24N2O6S.C10H15F3N2O/c1-20-15-22(41-3)16-21(2)26(20)43(39,40)36-14-13-33-9-4-5-23(33)24(36)17-42-18-25(37)34-10-6-28(7-11-34)8-12-35(19-28)27(38)29(30,31)32;1-20-15-22(35-3)16-21(2)26(20)37(33,34)31-14-13-29-10-4-5-23(29)24(31)17-36-18-25(32)30-11-7-27(8-12-30)6-9-28-19-27;1-13-9-15(26-3)10-14(2)19(13)28(24,25)21-8-7-20-6-4-5-16(20)17(21)11-27-12-18(22)23;11-10(12,13)8(16)15-6-3-9(7-15)1-4-14-5-2-9/h4-5,9,15-16,24H,6-8,10-14,17-19H2,1-3H3;4-5,10,15-16,24,28H,6-9,11-14,17-19H2,1-3H3;4-6,9-10,17H,7-8,11-12H2,1-3H3,(H,22,23);14H,1-7H2. The number of ether oxygens (including phenoxy) is 6. The van der Waals surface area contributed by atoms with Crippen LogP contribution in [0.3, 0.4) is 0 Å². The maximum atomic E-state index is 14.0. The highest BCUT2D eigenvalue weighted by Gasteiger charge is 2.52. The average molecular weight is 1800 g/mol. The second kappa shape index (κ2) is 38.9. The number of benzene rings is 3. The second-order valence-corrected chi connectivity index (χ2v) is 39.4. The van der Waals surface area contributed by atoms with E-state index in [4.69, 9.17) is 33.5 Å². The van der Waals surface area contributed by atoms with Gasteiger partial charge in [-0.3, -0.25) is 19.2 Å². The number of carboxylic acid groups (broad SMARTS) is 1. The van der Waals surface area contributed by atoms with Gasteiger partial charge in [-0.2, -0.15) is 39.3 Å². The molecule has 6 aromatic rings. The topological polar surface area (TPSA) is 325 Å². The molecule has 3 aromatic carbocycles. The third-order valence-corrected chi connectivity index (χ3v) is 32.5. The van der Waals surface area contributed by atoms with Crippen LogP contribution in [-0.4, -0.2) is 278 Å². The van der Waals surface area contributed by atoms with E-state index in [0.29, 0.717) is 126 Å². The molecular weight excluding hydrogens is 1690 g/mol.